The van der Waals surface area contributed by atoms with E-state index in [2.05, 4.69) is 5.32 Å². The van der Waals surface area contributed by atoms with Gasteiger partial charge in [0.05, 0.1) is 19.8 Å². The van der Waals surface area contributed by atoms with Crippen LogP contribution in [0.15, 0.2) is 42.5 Å². The molecule has 0 saturated carbocycles. The van der Waals surface area contributed by atoms with Crippen LogP contribution in [0.2, 0.25) is 0 Å². The number of anilines is 1. The number of carbonyl (C=O) groups is 2. The highest BCUT2D eigenvalue weighted by atomic mass is 19.4. The highest BCUT2D eigenvalue weighted by Gasteiger charge is 2.30. The number of methoxy groups -OCH3 is 2. The first-order valence-corrected chi connectivity index (χ1v) is 7.61. The van der Waals surface area contributed by atoms with E-state index in [9.17, 15) is 22.8 Å². The van der Waals surface area contributed by atoms with Crippen LogP contribution in [0, 0.1) is 0 Å². The second-order valence-corrected chi connectivity index (χ2v) is 5.27. The lowest BCUT2D eigenvalue weighted by Gasteiger charge is -2.11. The third-order valence-corrected chi connectivity index (χ3v) is 3.46. The van der Waals surface area contributed by atoms with E-state index in [0.717, 1.165) is 24.3 Å². The molecule has 27 heavy (non-hydrogen) atoms. The summed E-state index contributed by atoms with van der Waals surface area (Å²) in [5.74, 6) is -0.807. The van der Waals surface area contributed by atoms with Gasteiger partial charge in [0, 0.05) is 11.8 Å². The fourth-order valence-electron chi connectivity index (χ4n) is 2.12. The molecule has 0 aliphatic rings. The van der Waals surface area contributed by atoms with Crippen LogP contribution < -0.4 is 14.8 Å². The van der Waals surface area contributed by atoms with Gasteiger partial charge in [-0.05, 0) is 36.4 Å². The van der Waals surface area contributed by atoms with Gasteiger partial charge >= 0.3 is 12.1 Å². The SMILES string of the molecule is COc1ccc(C(=O)OCC(=O)Nc2ccc(C(F)(F)F)cc2)c(OC)c1. The molecule has 2 aromatic carbocycles. The molecule has 6 nitrogen and oxygen atoms in total. The summed E-state index contributed by atoms with van der Waals surface area (Å²) >= 11 is 0. The van der Waals surface area contributed by atoms with Crippen LogP contribution >= 0.6 is 0 Å². The average Bonchev–Trinajstić information content (AvgIpc) is 2.65. The normalized spacial score (nSPS) is 10.9. The van der Waals surface area contributed by atoms with E-state index in [4.69, 9.17) is 14.2 Å². The number of amides is 1. The number of nitrogens with one attached hydrogen (secondary N) is 1. The average molecular weight is 383 g/mol. The Morgan fingerprint density at radius 1 is 1.00 bits per heavy atom. The van der Waals surface area contributed by atoms with Gasteiger partial charge in [0.2, 0.25) is 0 Å². The molecule has 144 valence electrons. The highest BCUT2D eigenvalue weighted by molar-refractivity contribution is 5.96. The van der Waals surface area contributed by atoms with Crippen molar-refractivity contribution in [3.8, 4) is 11.5 Å². The zero-order valence-electron chi connectivity index (χ0n) is 14.4. The summed E-state index contributed by atoms with van der Waals surface area (Å²) in [6.45, 7) is -0.616. The Morgan fingerprint density at radius 3 is 2.22 bits per heavy atom. The fraction of sp³-hybridized carbons (Fsp3) is 0.222. The fourth-order valence-corrected chi connectivity index (χ4v) is 2.12. The van der Waals surface area contributed by atoms with Gasteiger partial charge < -0.3 is 19.5 Å². The van der Waals surface area contributed by atoms with Crippen LogP contribution in [0.3, 0.4) is 0 Å². The van der Waals surface area contributed by atoms with Crippen molar-refractivity contribution in [3.05, 3.63) is 53.6 Å². The van der Waals surface area contributed by atoms with Crippen LogP contribution in [0.25, 0.3) is 0 Å². The Balaban J connectivity index is 1.94. The molecule has 9 heteroatoms. The minimum Gasteiger partial charge on any atom is -0.497 e. The maximum Gasteiger partial charge on any atom is 0.416 e. The van der Waals surface area contributed by atoms with Crippen LogP contribution in [0.1, 0.15) is 15.9 Å². The van der Waals surface area contributed by atoms with Crippen molar-refractivity contribution in [1.82, 2.24) is 0 Å². The number of carbonyl (C=O) groups excluding carboxylic acids is 2. The molecule has 1 N–H and O–H groups in total. The molecule has 2 rings (SSSR count). The summed E-state index contributed by atoms with van der Waals surface area (Å²) < 4.78 is 52.5. The lowest BCUT2D eigenvalue weighted by atomic mass is 10.2. The lowest BCUT2D eigenvalue weighted by Crippen LogP contribution is -2.21. The van der Waals surface area contributed by atoms with Crippen molar-refractivity contribution in [2.45, 2.75) is 6.18 Å². The zero-order valence-corrected chi connectivity index (χ0v) is 14.4. The second-order valence-electron chi connectivity index (χ2n) is 5.27. The summed E-state index contributed by atoms with van der Waals surface area (Å²) in [5, 5.41) is 2.34. The lowest BCUT2D eigenvalue weighted by molar-refractivity contribution is -0.137. The number of halogens is 3. The van der Waals surface area contributed by atoms with Gasteiger partial charge in [-0.2, -0.15) is 13.2 Å². The first-order valence-electron chi connectivity index (χ1n) is 7.61. The molecule has 0 aliphatic carbocycles. The zero-order chi connectivity index (χ0) is 20.0. The summed E-state index contributed by atoms with van der Waals surface area (Å²) in [7, 11) is 2.82. The van der Waals surface area contributed by atoms with Crippen LogP contribution in [-0.2, 0) is 15.7 Å². The molecule has 0 bridgehead atoms. The van der Waals surface area contributed by atoms with E-state index >= 15 is 0 Å². The van der Waals surface area contributed by atoms with E-state index in [1.54, 1.807) is 0 Å². The largest absolute Gasteiger partial charge is 0.497 e. The van der Waals surface area contributed by atoms with Crippen molar-refractivity contribution >= 4 is 17.6 Å². The molecule has 0 atom stereocenters. The smallest absolute Gasteiger partial charge is 0.416 e. The minimum absolute atomic E-state index is 0.0978. The molecule has 0 unspecified atom stereocenters. The summed E-state index contributed by atoms with van der Waals surface area (Å²) in [5.41, 5.74) is -0.592. The predicted octanol–water partition coefficient (Wildman–Crippen LogP) is 3.52. The van der Waals surface area contributed by atoms with E-state index in [1.165, 1.54) is 32.4 Å². The molecule has 0 aliphatic heterocycles. The van der Waals surface area contributed by atoms with Crippen molar-refractivity contribution in [2.75, 3.05) is 26.1 Å². The molecule has 0 saturated heterocycles. The quantitative estimate of drug-likeness (QED) is 0.773. The minimum atomic E-state index is -4.46. The van der Waals surface area contributed by atoms with Crippen molar-refractivity contribution in [3.63, 3.8) is 0 Å². The van der Waals surface area contributed by atoms with E-state index < -0.39 is 30.2 Å². The maximum absolute atomic E-state index is 12.5. The summed E-state index contributed by atoms with van der Waals surface area (Å²) in [6.07, 6.45) is -4.46. The number of benzene rings is 2. The molecule has 1 amide bonds. The Bertz CT molecular complexity index is 819. The van der Waals surface area contributed by atoms with Crippen LogP contribution in [0.5, 0.6) is 11.5 Å². The maximum atomic E-state index is 12.5. The van der Waals surface area contributed by atoms with Crippen molar-refractivity contribution in [2.24, 2.45) is 0 Å². The molecular weight excluding hydrogens is 367 g/mol. The Morgan fingerprint density at radius 2 is 1.67 bits per heavy atom. The molecule has 0 heterocycles. The number of ether oxygens (including phenoxy) is 3. The topological polar surface area (TPSA) is 73.9 Å². The molecule has 2 aromatic rings. The predicted molar refractivity (Wildman–Crippen MR) is 89.9 cm³/mol. The Hall–Kier alpha value is -3.23. The van der Waals surface area contributed by atoms with Gasteiger partial charge in [0.1, 0.15) is 17.1 Å². The van der Waals surface area contributed by atoms with Crippen LogP contribution in [0.4, 0.5) is 18.9 Å². The van der Waals surface area contributed by atoms with Gasteiger partial charge in [-0.3, -0.25) is 4.79 Å². The summed E-state index contributed by atoms with van der Waals surface area (Å²) in [6, 6.07) is 8.33. The number of hydrogen-bond donors (Lipinski definition) is 1. The number of rotatable bonds is 6. The Kier molecular flexibility index (Phi) is 6.27. The first-order chi connectivity index (χ1) is 12.7. The van der Waals surface area contributed by atoms with Crippen molar-refractivity contribution in [1.29, 1.82) is 0 Å². The number of esters is 1. The van der Waals surface area contributed by atoms with Gasteiger partial charge in [-0.25, -0.2) is 4.79 Å². The molecule has 0 aromatic heterocycles. The standard InChI is InChI=1S/C18H16F3NO5/c1-25-13-7-8-14(15(9-13)26-2)17(24)27-10-16(23)22-12-5-3-11(4-6-12)18(19,20)21/h3-9H,10H2,1-2H3,(H,22,23). The molecule has 0 fully saturated rings. The van der Waals surface area contributed by atoms with Gasteiger partial charge in [0.15, 0.2) is 6.61 Å². The third kappa shape index (κ3) is 5.37. The third-order valence-electron chi connectivity index (χ3n) is 3.46. The van der Waals surface area contributed by atoms with Crippen molar-refractivity contribution < 1.29 is 37.0 Å². The van der Waals surface area contributed by atoms with E-state index in [0.29, 0.717) is 5.75 Å². The van der Waals surface area contributed by atoms with Gasteiger partial charge in [-0.1, -0.05) is 0 Å². The van der Waals surface area contributed by atoms with Gasteiger partial charge in [0.25, 0.3) is 5.91 Å². The molecular formula is C18H16F3NO5. The first kappa shape index (κ1) is 20.1. The highest BCUT2D eigenvalue weighted by Crippen LogP contribution is 2.30. The van der Waals surface area contributed by atoms with Gasteiger partial charge in [-0.15, -0.1) is 0 Å². The van der Waals surface area contributed by atoms with E-state index in [1.807, 2.05) is 0 Å². The number of alkyl halides is 3. The second kappa shape index (κ2) is 8.43. The van der Waals surface area contributed by atoms with Crippen LogP contribution in [-0.4, -0.2) is 32.7 Å². The number of hydrogen-bond acceptors (Lipinski definition) is 5. The van der Waals surface area contributed by atoms with E-state index in [-0.39, 0.29) is 17.0 Å². The molecule has 0 radical (unpaired) electrons. The molecule has 0 spiro atoms. The summed E-state index contributed by atoms with van der Waals surface area (Å²) in [4.78, 5) is 23.9. The monoisotopic (exact) mass is 383 g/mol. The Labute approximate surface area is 152 Å².